The minimum Gasteiger partial charge on any atom is -0.355 e. The highest BCUT2D eigenvalue weighted by molar-refractivity contribution is 5.79. The van der Waals surface area contributed by atoms with Gasteiger partial charge in [-0.05, 0) is 170 Å². The van der Waals surface area contributed by atoms with Crippen molar-refractivity contribution in [3.63, 3.8) is 0 Å². The maximum atomic E-state index is 3.80. The van der Waals surface area contributed by atoms with Crippen LogP contribution in [0.3, 0.4) is 0 Å². The molecule has 12 bridgehead atoms. The molecule has 12 aromatic rings. The molecule has 0 unspecified atom stereocenters. The highest BCUT2D eigenvalue weighted by Gasteiger charge is 2.09. The van der Waals surface area contributed by atoms with Crippen LogP contribution in [0.4, 0.5) is 0 Å². The second kappa shape index (κ2) is 19.7. The van der Waals surface area contributed by atoms with E-state index in [2.05, 4.69) is 325 Å². The van der Waals surface area contributed by atoms with Gasteiger partial charge in [-0.25, -0.2) is 0 Å². The quantitative estimate of drug-likeness (QED) is 0.179. The maximum Gasteiger partial charge on any atom is 0.0482 e. The first-order valence-corrected chi connectivity index (χ1v) is 24.3. The van der Waals surface area contributed by atoms with Crippen molar-refractivity contribution in [2.45, 2.75) is 0 Å². The van der Waals surface area contributed by atoms with Gasteiger partial charge in [-0.2, -0.15) is 0 Å². The minimum absolute atomic E-state index is 0.968. The second-order valence-electron chi connectivity index (χ2n) is 17.7. The van der Waals surface area contributed by atoms with E-state index in [4.69, 9.17) is 0 Å². The number of H-pyrrole nitrogens is 1. The van der Waals surface area contributed by atoms with Gasteiger partial charge in [0.25, 0.3) is 0 Å². The Morgan fingerprint density at radius 1 is 0.167 bits per heavy atom. The van der Waals surface area contributed by atoms with E-state index in [1.165, 1.54) is 0 Å². The first kappa shape index (κ1) is 43.5. The highest BCUT2D eigenvalue weighted by Crippen LogP contribution is 2.27. The number of nitrogens with one attached hydrogen (secondary N) is 1. The number of aromatic nitrogens is 6. The van der Waals surface area contributed by atoms with Crippen LogP contribution in [0.2, 0.25) is 0 Å². The molecule has 0 saturated carbocycles. The first-order chi connectivity index (χ1) is 35.7. The van der Waals surface area contributed by atoms with Crippen LogP contribution in [0.25, 0.3) is 94.6 Å². The SMILES string of the molecule is c1ccc(-n2c3cccc(c3)[nH]c3cccc(c3)n(-c3ccccc3)c3cccc(c3)n(-c3ccccc3)c3cccc(c3)n(-c3ccccc3)c3cccc(c3)n(-c3ccccc3)c3cccc2c3)cc1. The van der Waals surface area contributed by atoms with Crippen LogP contribution < -0.4 is 0 Å². The van der Waals surface area contributed by atoms with Crippen molar-refractivity contribution < 1.29 is 0 Å². The summed E-state index contributed by atoms with van der Waals surface area (Å²) < 4.78 is 11.7. The summed E-state index contributed by atoms with van der Waals surface area (Å²) in [6, 6.07) is 106. The molecule has 72 heavy (non-hydrogen) atoms. The molecule has 0 saturated heterocycles. The Morgan fingerprint density at radius 2 is 0.347 bits per heavy atom. The minimum atomic E-state index is 0.968. The summed E-state index contributed by atoms with van der Waals surface area (Å²) >= 11 is 0. The van der Waals surface area contributed by atoms with Gasteiger partial charge in [-0.15, -0.1) is 0 Å². The Bertz CT molecular complexity index is 3940. The van der Waals surface area contributed by atoms with E-state index in [0.29, 0.717) is 0 Å². The molecule has 0 spiro atoms. The van der Waals surface area contributed by atoms with Gasteiger partial charge in [0.05, 0.1) is 0 Å². The average molecular weight is 927 g/mol. The summed E-state index contributed by atoms with van der Waals surface area (Å²) in [5.74, 6) is 0. The monoisotopic (exact) mass is 926 g/mol. The molecule has 0 fully saturated rings. The predicted molar refractivity (Wildman–Crippen MR) is 302 cm³/mol. The number of hydrogen-bond donors (Lipinski definition) is 1. The number of benzene rings is 11. The third kappa shape index (κ3) is 8.88. The van der Waals surface area contributed by atoms with Crippen LogP contribution in [-0.2, 0) is 0 Å². The standard InChI is InChI=1S/C66H50N6/c1-6-24-52(25-7-1)68-57-34-16-22-50(44-57)67-51-23-17-35-58(45-51)69(53-26-8-2-9-27-53)60-37-19-39-62(47-60)71(55-30-12-4-13-31-55)64-41-21-43-66(49-64)72(56-32-14-5-15-33-56)65-42-20-40-63(48-65)70(54-28-10-3-11-29-54)61-38-18-36-59(68)46-61/h1-49,67H. The van der Waals surface area contributed by atoms with E-state index >= 15 is 0 Å². The number of nitrogens with zero attached hydrogens (tertiary/aromatic N) is 5. The molecule has 0 aliphatic carbocycles. The van der Waals surface area contributed by atoms with Crippen molar-refractivity contribution in [1.29, 1.82) is 0 Å². The van der Waals surface area contributed by atoms with Crippen molar-refractivity contribution in [2.24, 2.45) is 0 Å². The van der Waals surface area contributed by atoms with Crippen LogP contribution in [0.15, 0.2) is 297 Å². The summed E-state index contributed by atoms with van der Waals surface area (Å²) in [5, 5.41) is 0. The van der Waals surface area contributed by atoms with Crippen molar-refractivity contribution in [3.05, 3.63) is 297 Å². The fourth-order valence-corrected chi connectivity index (χ4v) is 9.82. The summed E-state index contributed by atoms with van der Waals surface area (Å²) in [4.78, 5) is 3.80. The van der Waals surface area contributed by atoms with Gasteiger partial charge in [0.1, 0.15) is 0 Å². The van der Waals surface area contributed by atoms with Gasteiger partial charge in [-0.3, -0.25) is 0 Å². The Kier molecular flexibility index (Phi) is 11.9. The number of para-hydroxylation sites is 5. The van der Waals surface area contributed by atoms with Crippen molar-refractivity contribution in [3.8, 4) is 28.4 Å². The molecular formula is C66H50N6. The Balaban J connectivity index is 1.30. The predicted octanol–water partition coefficient (Wildman–Crippen LogP) is 16.9. The average Bonchev–Trinajstić information content (AvgIpc) is 3.43. The molecule has 0 atom stereocenters. The largest absolute Gasteiger partial charge is 0.355 e. The highest BCUT2D eigenvalue weighted by atomic mass is 15.0. The molecule has 6 nitrogen and oxygen atoms in total. The smallest absolute Gasteiger partial charge is 0.0482 e. The van der Waals surface area contributed by atoms with Crippen molar-refractivity contribution >= 4 is 66.2 Å². The molecule has 1 aromatic heterocycles. The fraction of sp³-hybridized carbons (Fsp3) is 0. The number of hydrogen-bond acceptors (Lipinski definition) is 0. The lowest BCUT2D eigenvalue weighted by Gasteiger charge is -2.16. The van der Waals surface area contributed by atoms with E-state index in [1.807, 2.05) is 0 Å². The van der Waals surface area contributed by atoms with Gasteiger partial charge in [0.2, 0.25) is 0 Å². The Hall–Kier alpha value is -9.78. The lowest BCUT2D eigenvalue weighted by molar-refractivity contribution is 1.12. The normalized spacial score (nSPS) is 11.1. The fourth-order valence-electron chi connectivity index (χ4n) is 9.82. The molecule has 1 N–H and O–H groups in total. The molecule has 0 aliphatic heterocycles. The molecule has 6 heteroatoms. The van der Waals surface area contributed by atoms with Gasteiger partial charge in [0, 0.05) is 94.6 Å². The molecular weight excluding hydrogens is 877 g/mol. The lowest BCUT2D eigenvalue weighted by atomic mass is 10.2. The van der Waals surface area contributed by atoms with E-state index in [0.717, 1.165) is 94.6 Å². The topological polar surface area (TPSA) is 40.4 Å². The van der Waals surface area contributed by atoms with Gasteiger partial charge in [0.15, 0.2) is 0 Å². The van der Waals surface area contributed by atoms with E-state index in [9.17, 15) is 0 Å². The Labute approximate surface area is 417 Å². The number of aromatic amines is 1. The van der Waals surface area contributed by atoms with Crippen LogP contribution >= 0.6 is 0 Å². The Morgan fingerprint density at radius 3 is 0.556 bits per heavy atom. The second-order valence-corrected chi connectivity index (χ2v) is 17.7. The summed E-state index contributed by atoms with van der Waals surface area (Å²) in [7, 11) is 0. The zero-order chi connectivity index (χ0) is 48.1. The summed E-state index contributed by atoms with van der Waals surface area (Å²) in [5.41, 5.74) is 17.4. The third-order valence-electron chi connectivity index (χ3n) is 13.0. The van der Waals surface area contributed by atoms with Crippen LogP contribution in [0.1, 0.15) is 0 Å². The zero-order valence-corrected chi connectivity index (χ0v) is 39.5. The number of rotatable bonds is 5. The lowest BCUT2D eigenvalue weighted by Crippen LogP contribution is -2.01. The van der Waals surface area contributed by atoms with Crippen molar-refractivity contribution in [2.75, 3.05) is 0 Å². The summed E-state index contributed by atoms with van der Waals surface area (Å²) in [6.07, 6.45) is 0. The van der Waals surface area contributed by atoms with E-state index < -0.39 is 0 Å². The van der Waals surface area contributed by atoms with Gasteiger partial charge < -0.3 is 27.8 Å². The van der Waals surface area contributed by atoms with E-state index in [-0.39, 0.29) is 0 Å². The van der Waals surface area contributed by atoms with Gasteiger partial charge in [-0.1, -0.05) is 127 Å². The molecule has 1 heterocycles. The molecule has 344 valence electrons. The molecule has 12 rings (SSSR count). The molecule has 11 aromatic carbocycles. The summed E-state index contributed by atoms with van der Waals surface area (Å²) in [6.45, 7) is 0. The molecule has 0 aliphatic rings. The molecule has 0 radical (unpaired) electrons. The molecule has 0 amide bonds. The van der Waals surface area contributed by atoms with Crippen LogP contribution in [-0.4, -0.2) is 27.8 Å². The first-order valence-electron chi connectivity index (χ1n) is 24.3. The number of fused-ring (bicyclic) bond motifs is 12. The maximum absolute atomic E-state index is 3.80. The van der Waals surface area contributed by atoms with Crippen molar-refractivity contribution in [1.82, 2.24) is 27.8 Å². The third-order valence-corrected chi connectivity index (χ3v) is 13.0. The van der Waals surface area contributed by atoms with Crippen LogP contribution in [0, 0.1) is 0 Å². The zero-order valence-electron chi connectivity index (χ0n) is 39.5. The van der Waals surface area contributed by atoms with E-state index in [1.54, 1.807) is 0 Å². The van der Waals surface area contributed by atoms with Crippen LogP contribution in [0.5, 0.6) is 0 Å². The van der Waals surface area contributed by atoms with Gasteiger partial charge >= 0.3 is 0 Å².